The fourth-order valence-electron chi connectivity index (χ4n) is 3.39. The zero-order valence-electron chi connectivity index (χ0n) is 15.8. The van der Waals surface area contributed by atoms with Gasteiger partial charge in [0.25, 0.3) is 5.91 Å². The normalized spacial score (nSPS) is 16.6. The fourth-order valence-corrected chi connectivity index (χ4v) is 3.39. The summed E-state index contributed by atoms with van der Waals surface area (Å²) in [6.07, 6.45) is 6.39. The van der Waals surface area contributed by atoms with Crippen LogP contribution in [0.4, 0.5) is 4.39 Å². The minimum atomic E-state index is -0.307. The van der Waals surface area contributed by atoms with Crippen LogP contribution in [0.2, 0.25) is 0 Å². The second-order valence-corrected chi connectivity index (χ2v) is 6.85. The van der Waals surface area contributed by atoms with Gasteiger partial charge < -0.3 is 14.2 Å². The molecule has 0 spiro atoms. The van der Waals surface area contributed by atoms with Crippen LogP contribution in [0.25, 0.3) is 0 Å². The number of carbonyl (C=O) groups excluding carboxylic acids is 1. The van der Waals surface area contributed by atoms with Crippen LogP contribution >= 0.6 is 0 Å². The first kappa shape index (κ1) is 19.0. The van der Waals surface area contributed by atoms with Crippen molar-refractivity contribution in [3.8, 4) is 5.75 Å². The highest BCUT2D eigenvalue weighted by Gasteiger charge is 2.32. The molecule has 7 nitrogen and oxygen atoms in total. The monoisotopic (exact) mass is 396 g/mol. The number of rotatable bonds is 6. The van der Waals surface area contributed by atoms with Gasteiger partial charge in [-0.05, 0) is 55.7 Å². The maximum atomic E-state index is 12.9. The van der Waals surface area contributed by atoms with E-state index in [-0.39, 0.29) is 17.8 Å². The zero-order valence-corrected chi connectivity index (χ0v) is 15.8. The van der Waals surface area contributed by atoms with Crippen molar-refractivity contribution >= 4 is 5.91 Å². The Morgan fingerprint density at radius 2 is 1.97 bits per heavy atom. The number of benzene rings is 1. The summed E-state index contributed by atoms with van der Waals surface area (Å²) in [4.78, 5) is 23.1. The molecule has 1 saturated heterocycles. The minimum Gasteiger partial charge on any atom is -0.493 e. The Morgan fingerprint density at radius 3 is 2.76 bits per heavy atom. The Bertz CT molecular complexity index is 946. The molecule has 29 heavy (non-hydrogen) atoms. The van der Waals surface area contributed by atoms with Gasteiger partial charge in [0.15, 0.2) is 5.82 Å². The Hall–Kier alpha value is -3.29. The molecule has 3 heterocycles. The summed E-state index contributed by atoms with van der Waals surface area (Å²) in [7, 11) is 0. The third-order valence-corrected chi connectivity index (χ3v) is 4.87. The fraction of sp³-hybridized carbons (Fsp3) is 0.333. The van der Waals surface area contributed by atoms with Crippen LogP contribution in [0, 0.1) is 5.82 Å². The average molecular weight is 396 g/mol. The Labute approximate surface area is 167 Å². The van der Waals surface area contributed by atoms with Crippen molar-refractivity contribution in [2.24, 2.45) is 0 Å². The Kier molecular flexibility index (Phi) is 5.79. The van der Waals surface area contributed by atoms with E-state index in [2.05, 4.69) is 15.1 Å². The van der Waals surface area contributed by atoms with Gasteiger partial charge in [0.2, 0.25) is 5.89 Å². The van der Waals surface area contributed by atoms with Crippen molar-refractivity contribution in [1.82, 2.24) is 20.0 Å². The number of pyridine rings is 1. The first-order valence-corrected chi connectivity index (χ1v) is 9.62. The number of hydrogen-bond acceptors (Lipinski definition) is 6. The molecule has 1 atom stereocenters. The van der Waals surface area contributed by atoms with Gasteiger partial charge in [-0.3, -0.25) is 9.78 Å². The maximum Gasteiger partial charge on any atom is 0.254 e. The van der Waals surface area contributed by atoms with Crippen LogP contribution in [0.5, 0.6) is 5.75 Å². The first-order chi connectivity index (χ1) is 14.2. The van der Waals surface area contributed by atoms with E-state index in [1.807, 2.05) is 0 Å². The smallest absolute Gasteiger partial charge is 0.254 e. The largest absolute Gasteiger partial charge is 0.493 e. The van der Waals surface area contributed by atoms with Crippen molar-refractivity contribution in [1.29, 1.82) is 0 Å². The molecule has 0 radical (unpaired) electrons. The number of carbonyl (C=O) groups is 1. The molecule has 3 aromatic rings. The number of piperidine rings is 1. The molecule has 0 aliphatic carbocycles. The number of halogens is 1. The molecule has 150 valence electrons. The molecule has 1 amide bonds. The van der Waals surface area contributed by atoms with E-state index in [0.29, 0.717) is 42.6 Å². The van der Waals surface area contributed by atoms with Crippen molar-refractivity contribution in [2.75, 3.05) is 13.2 Å². The van der Waals surface area contributed by atoms with E-state index in [0.717, 1.165) is 19.3 Å². The Morgan fingerprint density at radius 1 is 1.17 bits per heavy atom. The lowest BCUT2D eigenvalue weighted by molar-refractivity contribution is 0.0561. The molecule has 2 aromatic heterocycles. The van der Waals surface area contributed by atoms with Crippen LogP contribution in [0.3, 0.4) is 0 Å². The number of aromatic nitrogens is 3. The highest BCUT2D eigenvalue weighted by atomic mass is 19.1. The number of nitrogens with zero attached hydrogens (tertiary/aromatic N) is 4. The van der Waals surface area contributed by atoms with Crippen molar-refractivity contribution in [2.45, 2.75) is 31.7 Å². The molecule has 0 N–H and O–H groups in total. The van der Waals surface area contributed by atoms with E-state index in [4.69, 9.17) is 9.26 Å². The summed E-state index contributed by atoms with van der Waals surface area (Å²) in [5.74, 6) is 1.18. The van der Waals surface area contributed by atoms with Crippen LogP contribution in [-0.2, 0) is 6.42 Å². The summed E-state index contributed by atoms with van der Waals surface area (Å²) in [6.45, 7) is 0.992. The van der Waals surface area contributed by atoms with Crippen LogP contribution in [-0.4, -0.2) is 39.1 Å². The minimum absolute atomic E-state index is 0.0588. The molecule has 0 bridgehead atoms. The second-order valence-electron chi connectivity index (χ2n) is 6.85. The number of amides is 1. The lowest BCUT2D eigenvalue weighted by Crippen LogP contribution is -2.38. The van der Waals surface area contributed by atoms with Crippen LogP contribution in [0.1, 0.15) is 47.4 Å². The van der Waals surface area contributed by atoms with Crippen LogP contribution < -0.4 is 4.74 Å². The predicted molar refractivity (Wildman–Crippen MR) is 102 cm³/mol. The molecular formula is C21H21FN4O3. The zero-order chi connectivity index (χ0) is 20.1. The summed E-state index contributed by atoms with van der Waals surface area (Å²) >= 11 is 0. The standard InChI is InChI=1S/C21H21FN4O3/c22-16-4-6-17(7-5-16)28-14-10-19-24-20(29-25-19)18-3-1-2-13-26(18)21(27)15-8-11-23-12-9-15/h4-9,11-12,18H,1-3,10,13-14H2. The Balaban J connectivity index is 1.40. The van der Waals surface area contributed by atoms with E-state index in [1.54, 1.807) is 41.6 Å². The molecule has 4 rings (SSSR count). The van der Waals surface area contributed by atoms with Gasteiger partial charge in [0.05, 0.1) is 6.61 Å². The van der Waals surface area contributed by atoms with Gasteiger partial charge in [-0.15, -0.1) is 0 Å². The van der Waals surface area contributed by atoms with E-state index in [9.17, 15) is 9.18 Å². The highest BCUT2D eigenvalue weighted by Crippen LogP contribution is 2.31. The molecule has 1 aliphatic rings. The topological polar surface area (TPSA) is 81.4 Å². The number of hydrogen-bond donors (Lipinski definition) is 0. The first-order valence-electron chi connectivity index (χ1n) is 9.62. The van der Waals surface area contributed by atoms with Crippen LogP contribution in [0.15, 0.2) is 53.3 Å². The van der Waals surface area contributed by atoms with Crippen molar-refractivity contribution < 1.29 is 18.4 Å². The second kappa shape index (κ2) is 8.81. The lowest BCUT2D eigenvalue weighted by Gasteiger charge is -2.33. The molecule has 1 aliphatic heterocycles. The van der Waals surface area contributed by atoms with E-state index >= 15 is 0 Å². The summed E-state index contributed by atoms with van der Waals surface area (Å²) in [5.41, 5.74) is 0.597. The third-order valence-electron chi connectivity index (χ3n) is 4.87. The summed E-state index contributed by atoms with van der Waals surface area (Å²) in [5, 5.41) is 4.03. The molecule has 1 aromatic carbocycles. The van der Waals surface area contributed by atoms with Gasteiger partial charge in [0.1, 0.15) is 17.6 Å². The van der Waals surface area contributed by atoms with E-state index in [1.165, 1.54) is 12.1 Å². The molecule has 0 saturated carbocycles. The number of likely N-dealkylation sites (tertiary alicyclic amines) is 1. The van der Waals surface area contributed by atoms with Crippen molar-refractivity contribution in [3.05, 3.63) is 71.9 Å². The molecule has 1 unspecified atom stereocenters. The van der Waals surface area contributed by atoms with Gasteiger partial charge in [-0.25, -0.2) is 4.39 Å². The number of ether oxygens (including phenoxy) is 1. The molecule has 8 heteroatoms. The predicted octanol–water partition coefficient (Wildman–Crippen LogP) is 3.59. The SMILES string of the molecule is O=C(c1ccncc1)N1CCCCC1c1nc(CCOc2ccc(F)cc2)no1. The maximum absolute atomic E-state index is 12.9. The highest BCUT2D eigenvalue weighted by molar-refractivity contribution is 5.94. The lowest BCUT2D eigenvalue weighted by atomic mass is 10.0. The summed E-state index contributed by atoms with van der Waals surface area (Å²) < 4.78 is 24.0. The van der Waals surface area contributed by atoms with Gasteiger partial charge >= 0.3 is 0 Å². The molecule has 1 fully saturated rings. The van der Waals surface area contributed by atoms with Gasteiger partial charge in [-0.1, -0.05) is 5.16 Å². The van der Waals surface area contributed by atoms with Gasteiger partial charge in [-0.2, -0.15) is 4.98 Å². The van der Waals surface area contributed by atoms with E-state index < -0.39 is 0 Å². The average Bonchev–Trinajstić information content (AvgIpc) is 3.24. The van der Waals surface area contributed by atoms with Gasteiger partial charge in [0, 0.05) is 30.9 Å². The summed E-state index contributed by atoms with van der Waals surface area (Å²) in [6, 6.07) is 9.02. The third kappa shape index (κ3) is 4.59. The quantitative estimate of drug-likeness (QED) is 0.633. The van der Waals surface area contributed by atoms with Crippen molar-refractivity contribution in [3.63, 3.8) is 0 Å². The molecular weight excluding hydrogens is 375 g/mol.